The third kappa shape index (κ3) is 7.88. The first-order valence-electron chi connectivity index (χ1n) is 18.2. The van der Waals surface area contributed by atoms with Crippen LogP contribution in [0.5, 0.6) is 5.75 Å². The number of para-hydroxylation sites is 1. The van der Waals surface area contributed by atoms with Gasteiger partial charge in [0.2, 0.25) is 5.91 Å². The zero-order valence-corrected chi connectivity index (χ0v) is 30.8. The molecule has 51 heavy (non-hydrogen) atoms. The number of carbonyl (C=O) groups excluding carboxylic acids is 2. The summed E-state index contributed by atoms with van der Waals surface area (Å²) in [7, 11) is 5.53. The van der Waals surface area contributed by atoms with Gasteiger partial charge in [-0.1, -0.05) is 69.3 Å². The highest BCUT2D eigenvalue weighted by molar-refractivity contribution is 5.97. The van der Waals surface area contributed by atoms with Gasteiger partial charge in [-0.25, -0.2) is 0 Å². The van der Waals surface area contributed by atoms with Gasteiger partial charge < -0.3 is 25.4 Å². The van der Waals surface area contributed by atoms with Gasteiger partial charge in [-0.2, -0.15) is 0 Å². The number of rotatable bonds is 13. The van der Waals surface area contributed by atoms with Crippen LogP contribution >= 0.6 is 0 Å². The predicted octanol–water partition coefficient (Wildman–Crippen LogP) is 5.78. The summed E-state index contributed by atoms with van der Waals surface area (Å²) in [6.07, 6.45) is 2.66. The van der Waals surface area contributed by atoms with Crippen LogP contribution in [0.4, 0.5) is 5.69 Å². The summed E-state index contributed by atoms with van der Waals surface area (Å²) in [6.45, 7) is 8.37. The number of likely N-dealkylation sites (tertiary alicyclic amines) is 1. The van der Waals surface area contributed by atoms with Crippen LogP contribution in [0.25, 0.3) is 11.1 Å². The van der Waals surface area contributed by atoms with Crippen LogP contribution in [0.1, 0.15) is 61.5 Å². The highest BCUT2D eigenvalue weighted by atomic mass is 16.5. The Labute approximate surface area is 301 Å². The molecule has 3 aromatic carbocycles. The lowest BCUT2D eigenvalue weighted by atomic mass is 9.45. The first kappa shape index (κ1) is 36.7. The fourth-order valence-corrected chi connectivity index (χ4v) is 9.06. The maximum atomic E-state index is 13.8. The molecule has 0 radical (unpaired) electrons. The first-order chi connectivity index (χ1) is 24.4. The third-order valence-corrected chi connectivity index (χ3v) is 11.9. The van der Waals surface area contributed by atoms with Crippen LogP contribution in [-0.2, 0) is 17.8 Å². The highest BCUT2D eigenvalue weighted by Crippen LogP contribution is 2.61. The standard InChI is InChI=1S/C41H53N5O5/c1-25-35-19-30(41(35,2)3)20-36(25)43-40(49)37-21-33(47)24-46(37)22-27-13-10-14-34(38(27)51-6)28-16-29(18-31(17-28)44-50)39(48)42-32(23-45(4)5)15-26-11-8-7-9-12-26/h7-14,16-18,25,30,32-33,35-37,47H,15,19-24H2,1-6H3,(H,42,48)(H,43,49)/t25-,30+,32-,33-,35-,36-,37-/m0/s1. The topological polar surface area (TPSA) is 124 Å². The average Bonchev–Trinajstić information content (AvgIpc) is 3.48. The Morgan fingerprint density at radius 1 is 1.06 bits per heavy atom. The normalized spacial score (nSPS) is 25.9. The number of hydrogen-bond acceptors (Lipinski definition) is 8. The van der Waals surface area contributed by atoms with Gasteiger partial charge in [0, 0.05) is 48.4 Å². The van der Waals surface area contributed by atoms with Crippen LogP contribution in [0, 0.1) is 28.1 Å². The molecule has 7 atom stereocenters. The number of benzene rings is 3. The molecule has 3 saturated carbocycles. The lowest BCUT2D eigenvalue weighted by molar-refractivity contribution is -0.137. The molecule has 4 aliphatic rings. The van der Waals surface area contributed by atoms with Crippen molar-refractivity contribution in [2.24, 2.45) is 28.3 Å². The fourth-order valence-electron chi connectivity index (χ4n) is 9.06. The fraction of sp³-hybridized carbons (Fsp3) is 0.512. The Balaban J connectivity index is 1.21. The largest absolute Gasteiger partial charge is 0.496 e. The second kappa shape index (κ2) is 15.2. The summed E-state index contributed by atoms with van der Waals surface area (Å²) in [5.41, 5.74) is 4.05. The maximum absolute atomic E-state index is 13.8. The van der Waals surface area contributed by atoms with Crippen molar-refractivity contribution in [3.63, 3.8) is 0 Å². The van der Waals surface area contributed by atoms with Crippen molar-refractivity contribution in [1.82, 2.24) is 20.4 Å². The third-order valence-electron chi connectivity index (χ3n) is 11.9. The lowest BCUT2D eigenvalue weighted by Gasteiger charge is -2.62. The second-order valence-corrected chi connectivity index (χ2v) is 15.9. The van der Waals surface area contributed by atoms with Gasteiger partial charge in [-0.05, 0) is 97.5 Å². The zero-order valence-electron chi connectivity index (χ0n) is 30.8. The lowest BCUT2D eigenvalue weighted by Crippen LogP contribution is -2.61. The van der Waals surface area contributed by atoms with Gasteiger partial charge in [-0.15, -0.1) is 4.91 Å². The van der Waals surface area contributed by atoms with Crippen molar-refractivity contribution in [3.8, 4) is 16.9 Å². The number of aliphatic hydroxyl groups excluding tert-OH is 1. The van der Waals surface area contributed by atoms with Crippen molar-refractivity contribution < 1.29 is 19.4 Å². The molecule has 1 aliphatic heterocycles. The monoisotopic (exact) mass is 695 g/mol. The number of β-amino-alcohol motifs (C(OH)–C–C–N with tert-alkyl or cyclic N) is 1. The van der Waals surface area contributed by atoms with E-state index in [-0.39, 0.29) is 29.6 Å². The van der Waals surface area contributed by atoms with Crippen LogP contribution in [0.15, 0.2) is 71.9 Å². The van der Waals surface area contributed by atoms with E-state index >= 15 is 0 Å². The Hall–Kier alpha value is -4.12. The molecular formula is C41H53N5O5. The van der Waals surface area contributed by atoms with Crippen molar-refractivity contribution in [1.29, 1.82) is 0 Å². The number of ether oxygens (including phenoxy) is 1. The molecule has 10 heteroatoms. The summed E-state index contributed by atoms with van der Waals surface area (Å²) in [4.78, 5) is 43.4. The van der Waals surface area contributed by atoms with E-state index in [1.807, 2.05) is 72.4 Å². The van der Waals surface area contributed by atoms with Gasteiger partial charge in [-0.3, -0.25) is 14.5 Å². The average molecular weight is 696 g/mol. The molecule has 10 nitrogen and oxygen atoms in total. The number of nitrogens with one attached hydrogen (secondary N) is 2. The summed E-state index contributed by atoms with van der Waals surface area (Å²) in [5, 5.41) is 20.5. The predicted molar refractivity (Wildman–Crippen MR) is 200 cm³/mol. The Morgan fingerprint density at radius 2 is 1.82 bits per heavy atom. The number of amides is 2. The molecule has 2 amide bonds. The minimum Gasteiger partial charge on any atom is -0.496 e. The van der Waals surface area contributed by atoms with Crippen LogP contribution in [0.3, 0.4) is 0 Å². The van der Waals surface area contributed by atoms with E-state index < -0.39 is 12.1 Å². The molecule has 2 bridgehead atoms. The smallest absolute Gasteiger partial charge is 0.251 e. The van der Waals surface area contributed by atoms with E-state index in [1.54, 1.807) is 19.2 Å². The summed E-state index contributed by atoms with van der Waals surface area (Å²) < 4.78 is 5.98. The molecule has 3 aliphatic carbocycles. The molecule has 0 aromatic heterocycles. The molecule has 0 spiro atoms. The van der Waals surface area contributed by atoms with E-state index in [1.165, 1.54) is 12.5 Å². The minimum atomic E-state index is -0.610. The number of carbonyl (C=O) groups is 2. The van der Waals surface area contributed by atoms with E-state index in [9.17, 15) is 19.6 Å². The SMILES string of the molecule is COc1c(CN2C[C@@H](O)C[C@H]2C(=O)N[C@H]2C[C@H]3C[C@@H]([C@@H]2C)C3(C)C)cccc1-c1cc(N=O)cc(C(=O)N[C@@H](Cc2ccccc2)CN(C)C)c1. The van der Waals surface area contributed by atoms with Gasteiger partial charge in [0.15, 0.2) is 0 Å². The summed E-state index contributed by atoms with van der Waals surface area (Å²) in [6, 6.07) is 20.2. The molecule has 0 unspecified atom stereocenters. The Bertz CT molecular complexity index is 1730. The second-order valence-electron chi connectivity index (χ2n) is 15.9. The number of nitrogens with zero attached hydrogens (tertiary/aromatic N) is 3. The molecule has 3 N–H and O–H groups in total. The number of hydrogen-bond donors (Lipinski definition) is 3. The first-order valence-corrected chi connectivity index (χ1v) is 18.2. The van der Waals surface area contributed by atoms with Crippen LogP contribution < -0.4 is 15.4 Å². The number of fused-ring (bicyclic) bond motifs is 2. The van der Waals surface area contributed by atoms with Gasteiger partial charge in [0.1, 0.15) is 11.4 Å². The molecule has 1 heterocycles. The Kier molecular flexibility index (Phi) is 11.0. The maximum Gasteiger partial charge on any atom is 0.251 e. The molecule has 7 rings (SSSR count). The van der Waals surface area contributed by atoms with E-state index in [4.69, 9.17) is 4.74 Å². The number of aliphatic hydroxyl groups is 1. The molecular weight excluding hydrogens is 642 g/mol. The summed E-state index contributed by atoms with van der Waals surface area (Å²) in [5.74, 6) is 1.91. The zero-order chi connectivity index (χ0) is 36.4. The summed E-state index contributed by atoms with van der Waals surface area (Å²) >= 11 is 0. The van der Waals surface area contributed by atoms with E-state index in [2.05, 4.69) is 36.6 Å². The van der Waals surface area contributed by atoms with Crippen LogP contribution in [0.2, 0.25) is 0 Å². The van der Waals surface area contributed by atoms with Crippen molar-refractivity contribution >= 4 is 17.5 Å². The van der Waals surface area contributed by atoms with Crippen LogP contribution in [-0.4, -0.2) is 85.2 Å². The molecule has 272 valence electrons. The van der Waals surface area contributed by atoms with E-state index in [0.29, 0.717) is 78.1 Å². The molecule has 4 fully saturated rings. The highest BCUT2D eigenvalue weighted by Gasteiger charge is 2.56. The quantitative estimate of drug-likeness (QED) is 0.194. The van der Waals surface area contributed by atoms with Crippen molar-refractivity contribution in [2.75, 3.05) is 34.3 Å². The van der Waals surface area contributed by atoms with Crippen molar-refractivity contribution in [3.05, 3.63) is 88.3 Å². The van der Waals surface area contributed by atoms with Crippen molar-refractivity contribution in [2.45, 2.75) is 77.2 Å². The van der Waals surface area contributed by atoms with Gasteiger partial charge in [0.25, 0.3) is 5.91 Å². The van der Waals surface area contributed by atoms with E-state index in [0.717, 1.165) is 17.5 Å². The number of nitroso groups, excluding NO2 is 1. The number of likely N-dealkylation sites (N-methyl/N-ethyl adjacent to an activating group) is 1. The minimum absolute atomic E-state index is 0.0297. The van der Waals surface area contributed by atoms with Gasteiger partial charge >= 0.3 is 0 Å². The number of methoxy groups -OCH3 is 1. The molecule has 1 saturated heterocycles. The Morgan fingerprint density at radius 3 is 2.49 bits per heavy atom. The molecule has 3 aromatic rings. The van der Waals surface area contributed by atoms with Gasteiger partial charge in [0.05, 0.1) is 19.3 Å².